The van der Waals surface area contributed by atoms with Crippen LogP contribution in [0.25, 0.3) is 11.1 Å². The summed E-state index contributed by atoms with van der Waals surface area (Å²) in [7, 11) is 0. The number of benzene rings is 2. The van der Waals surface area contributed by atoms with Gasteiger partial charge in [0.05, 0.1) is 6.42 Å². The van der Waals surface area contributed by atoms with Crippen LogP contribution in [0.15, 0.2) is 42.5 Å². The van der Waals surface area contributed by atoms with Gasteiger partial charge in [0, 0.05) is 11.3 Å². The van der Waals surface area contributed by atoms with Gasteiger partial charge < -0.3 is 10.8 Å². The second-order valence-corrected chi connectivity index (χ2v) is 4.31. The number of hydrogen-bond donors (Lipinski definition) is 2. The molecule has 0 bridgehead atoms. The first kappa shape index (κ1) is 12.2. The lowest BCUT2D eigenvalue weighted by molar-refractivity contribution is -0.136. The predicted octanol–water partition coefficient (Wildman–Crippen LogP) is 2.87. The minimum absolute atomic E-state index is 0.0148. The van der Waals surface area contributed by atoms with Crippen molar-refractivity contribution >= 4 is 11.7 Å². The highest BCUT2D eigenvalue weighted by Gasteiger charge is 2.09. The van der Waals surface area contributed by atoms with Crippen LogP contribution in [-0.4, -0.2) is 11.1 Å². The number of nitrogen functional groups attached to an aromatic ring is 1. The summed E-state index contributed by atoms with van der Waals surface area (Å²) in [5.74, 6) is -0.835. The topological polar surface area (TPSA) is 63.3 Å². The number of aryl methyl sites for hydroxylation is 1. The average molecular weight is 241 g/mol. The summed E-state index contributed by atoms with van der Waals surface area (Å²) >= 11 is 0. The van der Waals surface area contributed by atoms with Gasteiger partial charge in [-0.05, 0) is 29.7 Å². The van der Waals surface area contributed by atoms with Crippen molar-refractivity contribution in [1.29, 1.82) is 0 Å². The molecule has 18 heavy (non-hydrogen) atoms. The molecule has 0 aliphatic rings. The molecule has 0 aliphatic carbocycles. The maximum atomic E-state index is 10.8. The SMILES string of the molecule is Cc1cc(CC(=O)O)cc(-c2ccccc2)c1N. The lowest BCUT2D eigenvalue weighted by Gasteiger charge is -2.11. The summed E-state index contributed by atoms with van der Waals surface area (Å²) in [6.45, 7) is 1.90. The smallest absolute Gasteiger partial charge is 0.307 e. The monoisotopic (exact) mass is 241 g/mol. The van der Waals surface area contributed by atoms with Gasteiger partial charge in [-0.1, -0.05) is 36.4 Å². The Morgan fingerprint density at radius 1 is 1.22 bits per heavy atom. The molecule has 2 aromatic rings. The molecule has 0 saturated heterocycles. The van der Waals surface area contributed by atoms with Gasteiger partial charge in [0.15, 0.2) is 0 Å². The lowest BCUT2D eigenvalue weighted by atomic mass is 9.96. The van der Waals surface area contributed by atoms with Gasteiger partial charge in [0.2, 0.25) is 0 Å². The summed E-state index contributed by atoms with van der Waals surface area (Å²) in [5.41, 5.74) is 10.4. The van der Waals surface area contributed by atoms with Gasteiger partial charge in [-0.25, -0.2) is 0 Å². The van der Waals surface area contributed by atoms with E-state index in [0.717, 1.165) is 22.3 Å². The zero-order valence-corrected chi connectivity index (χ0v) is 10.2. The van der Waals surface area contributed by atoms with E-state index in [-0.39, 0.29) is 6.42 Å². The summed E-state index contributed by atoms with van der Waals surface area (Å²) in [6.07, 6.45) is 0.0148. The molecule has 0 aromatic heterocycles. The summed E-state index contributed by atoms with van der Waals surface area (Å²) in [5, 5.41) is 8.86. The van der Waals surface area contributed by atoms with Crippen LogP contribution in [0.2, 0.25) is 0 Å². The highest BCUT2D eigenvalue weighted by Crippen LogP contribution is 2.29. The Bertz CT molecular complexity index is 577. The first-order valence-corrected chi connectivity index (χ1v) is 5.74. The van der Waals surface area contributed by atoms with E-state index in [9.17, 15) is 4.79 Å². The molecule has 2 rings (SSSR count). The highest BCUT2D eigenvalue weighted by atomic mass is 16.4. The first-order valence-electron chi connectivity index (χ1n) is 5.74. The van der Waals surface area contributed by atoms with Crippen LogP contribution in [0.1, 0.15) is 11.1 Å². The fraction of sp³-hybridized carbons (Fsp3) is 0.133. The van der Waals surface area contributed by atoms with E-state index in [4.69, 9.17) is 10.8 Å². The van der Waals surface area contributed by atoms with Crippen molar-refractivity contribution in [3.05, 3.63) is 53.6 Å². The molecule has 3 N–H and O–H groups in total. The largest absolute Gasteiger partial charge is 0.481 e. The zero-order chi connectivity index (χ0) is 13.1. The maximum absolute atomic E-state index is 10.8. The van der Waals surface area contributed by atoms with Crippen LogP contribution in [0.3, 0.4) is 0 Å². The van der Waals surface area contributed by atoms with Crippen LogP contribution in [0, 0.1) is 6.92 Å². The minimum atomic E-state index is -0.835. The Balaban J connectivity index is 2.53. The van der Waals surface area contributed by atoms with Crippen molar-refractivity contribution in [3.63, 3.8) is 0 Å². The second kappa shape index (κ2) is 4.92. The molecular formula is C15H15NO2. The molecule has 0 amide bonds. The van der Waals surface area contributed by atoms with E-state index >= 15 is 0 Å². The number of hydrogen-bond acceptors (Lipinski definition) is 2. The fourth-order valence-electron chi connectivity index (χ4n) is 2.01. The number of rotatable bonds is 3. The Morgan fingerprint density at radius 2 is 1.89 bits per heavy atom. The van der Waals surface area contributed by atoms with Gasteiger partial charge in [0.25, 0.3) is 0 Å². The Morgan fingerprint density at radius 3 is 2.50 bits per heavy atom. The number of nitrogens with two attached hydrogens (primary N) is 1. The molecule has 0 unspecified atom stereocenters. The van der Waals surface area contributed by atoms with E-state index in [1.165, 1.54) is 0 Å². The van der Waals surface area contributed by atoms with Crippen LogP contribution in [0.5, 0.6) is 0 Å². The highest BCUT2D eigenvalue weighted by molar-refractivity contribution is 5.80. The number of aliphatic carboxylic acids is 1. The molecule has 0 aliphatic heterocycles. The Labute approximate surface area is 106 Å². The Hall–Kier alpha value is -2.29. The quantitative estimate of drug-likeness (QED) is 0.812. The Kier molecular flexibility index (Phi) is 3.33. The standard InChI is InChI=1S/C15H15NO2/c1-10-7-11(9-14(17)18)8-13(15(10)16)12-5-3-2-4-6-12/h2-8H,9,16H2,1H3,(H,17,18). The van der Waals surface area contributed by atoms with Gasteiger partial charge >= 0.3 is 5.97 Å². The number of carbonyl (C=O) groups is 1. The average Bonchev–Trinajstić information content (AvgIpc) is 2.34. The van der Waals surface area contributed by atoms with E-state index in [2.05, 4.69) is 0 Å². The molecule has 2 aromatic carbocycles. The van der Waals surface area contributed by atoms with Crippen molar-refractivity contribution in [2.24, 2.45) is 0 Å². The molecule has 0 atom stereocenters. The van der Waals surface area contributed by atoms with E-state index in [1.807, 2.05) is 49.4 Å². The number of anilines is 1. The normalized spacial score (nSPS) is 10.3. The van der Waals surface area contributed by atoms with Crippen molar-refractivity contribution in [2.45, 2.75) is 13.3 Å². The lowest BCUT2D eigenvalue weighted by Crippen LogP contribution is -2.02. The summed E-state index contributed by atoms with van der Waals surface area (Å²) in [4.78, 5) is 10.8. The van der Waals surface area contributed by atoms with E-state index < -0.39 is 5.97 Å². The minimum Gasteiger partial charge on any atom is -0.481 e. The van der Waals surface area contributed by atoms with Crippen LogP contribution >= 0.6 is 0 Å². The zero-order valence-electron chi connectivity index (χ0n) is 10.2. The van der Waals surface area contributed by atoms with Gasteiger partial charge in [0.1, 0.15) is 0 Å². The van der Waals surface area contributed by atoms with Crippen LogP contribution < -0.4 is 5.73 Å². The third-order valence-electron chi connectivity index (χ3n) is 2.89. The first-order chi connectivity index (χ1) is 8.58. The predicted molar refractivity (Wildman–Crippen MR) is 72.4 cm³/mol. The maximum Gasteiger partial charge on any atom is 0.307 e. The third-order valence-corrected chi connectivity index (χ3v) is 2.89. The molecule has 0 fully saturated rings. The van der Waals surface area contributed by atoms with Crippen molar-refractivity contribution in [2.75, 3.05) is 5.73 Å². The summed E-state index contributed by atoms with van der Waals surface area (Å²) in [6, 6.07) is 13.4. The van der Waals surface area contributed by atoms with Crippen molar-refractivity contribution < 1.29 is 9.90 Å². The molecule has 0 radical (unpaired) electrons. The van der Waals surface area contributed by atoms with Crippen molar-refractivity contribution in [3.8, 4) is 11.1 Å². The van der Waals surface area contributed by atoms with Crippen molar-refractivity contribution in [1.82, 2.24) is 0 Å². The molecule has 3 nitrogen and oxygen atoms in total. The second-order valence-electron chi connectivity index (χ2n) is 4.31. The van der Waals surface area contributed by atoms with Gasteiger partial charge in [-0.15, -0.1) is 0 Å². The van der Waals surface area contributed by atoms with Crippen LogP contribution in [0.4, 0.5) is 5.69 Å². The molecule has 0 heterocycles. The van der Waals surface area contributed by atoms with E-state index in [1.54, 1.807) is 0 Å². The third kappa shape index (κ3) is 2.51. The molecule has 3 heteroatoms. The van der Waals surface area contributed by atoms with E-state index in [0.29, 0.717) is 5.69 Å². The van der Waals surface area contributed by atoms with Gasteiger partial charge in [-0.3, -0.25) is 4.79 Å². The summed E-state index contributed by atoms with van der Waals surface area (Å²) < 4.78 is 0. The van der Waals surface area contributed by atoms with Gasteiger partial charge in [-0.2, -0.15) is 0 Å². The molecule has 92 valence electrons. The number of carboxylic acid groups (broad SMARTS) is 1. The number of carboxylic acids is 1. The molecule has 0 saturated carbocycles. The molecule has 0 spiro atoms. The van der Waals surface area contributed by atoms with Crippen LogP contribution in [-0.2, 0) is 11.2 Å². The molecular weight excluding hydrogens is 226 g/mol. The fourth-order valence-corrected chi connectivity index (χ4v) is 2.01.